The largest absolute Gasteiger partial charge is 0.488 e. The van der Waals surface area contributed by atoms with Gasteiger partial charge in [-0.1, -0.05) is 18.2 Å². The van der Waals surface area contributed by atoms with Crippen molar-refractivity contribution in [2.45, 2.75) is 24.8 Å². The minimum atomic E-state index is -2.52. The van der Waals surface area contributed by atoms with E-state index in [4.69, 9.17) is 4.74 Å². The van der Waals surface area contributed by atoms with E-state index in [2.05, 4.69) is 28.3 Å². The molecule has 0 radical (unpaired) electrons. The number of alkyl halides is 2. The van der Waals surface area contributed by atoms with Crippen LogP contribution >= 0.6 is 0 Å². The van der Waals surface area contributed by atoms with Crippen LogP contribution in [0.5, 0.6) is 5.75 Å². The molecule has 0 spiro atoms. The first-order chi connectivity index (χ1) is 14.1. The van der Waals surface area contributed by atoms with Gasteiger partial charge < -0.3 is 15.0 Å². The van der Waals surface area contributed by atoms with E-state index >= 15 is 0 Å². The highest BCUT2D eigenvalue weighted by atomic mass is 19.3. The lowest BCUT2D eigenvalue weighted by Crippen LogP contribution is -2.33. The first-order valence-corrected chi connectivity index (χ1v) is 9.75. The fourth-order valence-corrected chi connectivity index (χ4v) is 3.73. The van der Waals surface area contributed by atoms with Gasteiger partial charge in [-0.25, -0.2) is 8.78 Å². The van der Waals surface area contributed by atoms with Crippen molar-refractivity contribution in [1.29, 1.82) is 0 Å². The van der Waals surface area contributed by atoms with Crippen molar-refractivity contribution in [2.24, 2.45) is 0 Å². The zero-order valence-electron chi connectivity index (χ0n) is 15.9. The molecule has 4 rings (SSSR count). The zero-order chi connectivity index (χ0) is 20.2. The van der Waals surface area contributed by atoms with Gasteiger partial charge in [0.15, 0.2) is 0 Å². The van der Waals surface area contributed by atoms with Crippen molar-refractivity contribution in [3.8, 4) is 5.75 Å². The number of hydrogen-bond acceptors (Lipinski definition) is 5. The molecule has 0 aromatic heterocycles. The van der Waals surface area contributed by atoms with E-state index in [1.807, 2.05) is 12.1 Å². The third-order valence-corrected chi connectivity index (χ3v) is 5.25. The minimum Gasteiger partial charge on any atom is -0.488 e. The predicted octanol–water partition coefficient (Wildman–Crippen LogP) is 2.74. The summed E-state index contributed by atoms with van der Waals surface area (Å²) < 4.78 is 29.7. The molecule has 2 fully saturated rings. The number of nitrogens with zero attached hydrogens (tertiary/aromatic N) is 1. The van der Waals surface area contributed by atoms with Gasteiger partial charge in [-0.15, -0.1) is 0 Å². The maximum absolute atomic E-state index is 12.9. The van der Waals surface area contributed by atoms with E-state index in [1.54, 1.807) is 29.2 Å². The maximum atomic E-state index is 12.9. The Kier molecular flexibility index (Phi) is 5.92. The second-order valence-electron chi connectivity index (χ2n) is 7.26. The van der Waals surface area contributed by atoms with Gasteiger partial charge in [0.05, 0.1) is 0 Å². The molecule has 2 aliphatic rings. The average Bonchev–Trinajstić information content (AvgIpc) is 3.38. The average molecular weight is 402 g/mol. The highest BCUT2D eigenvalue weighted by Crippen LogP contribution is 2.27. The molecule has 0 saturated carbocycles. The number of halogens is 2. The summed E-state index contributed by atoms with van der Waals surface area (Å²) in [5.74, 6) is 0.789. The fourth-order valence-electron chi connectivity index (χ4n) is 3.73. The smallest absolute Gasteiger partial charge is 0.272 e. The molecule has 29 heavy (non-hydrogen) atoms. The van der Waals surface area contributed by atoms with Crippen LogP contribution < -0.4 is 25.8 Å². The molecule has 1 atom stereocenters. The van der Waals surface area contributed by atoms with Crippen molar-refractivity contribution < 1.29 is 18.3 Å². The highest BCUT2D eigenvalue weighted by Gasteiger charge is 2.32. The molecule has 2 aromatic carbocycles. The third-order valence-electron chi connectivity index (χ3n) is 5.25. The predicted molar refractivity (Wildman–Crippen MR) is 108 cm³/mol. The first kappa shape index (κ1) is 19.6. The molecule has 2 aliphatic heterocycles. The number of rotatable bonds is 7. The van der Waals surface area contributed by atoms with Crippen LogP contribution in [0.4, 0.5) is 20.2 Å². The van der Waals surface area contributed by atoms with Crippen LogP contribution in [0, 0.1) is 0 Å². The van der Waals surface area contributed by atoms with Crippen LogP contribution in [0.3, 0.4) is 0 Å². The van der Waals surface area contributed by atoms with Crippen molar-refractivity contribution in [2.75, 3.05) is 36.5 Å². The van der Waals surface area contributed by atoms with Crippen LogP contribution in [0.1, 0.15) is 17.9 Å². The number of carbonyl (C=O) groups is 1. The van der Waals surface area contributed by atoms with Crippen molar-refractivity contribution in [1.82, 2.24) is 10.9 Å². The van der Waals surface area contributed by atoms with E-state index in [9.17, 15) is 13.6 Å². The molecule has 1 unspecified atom stereocenters. The summed E-state index contributed by atoms with van der Waals surface area (Å²) in [5, 5.41) is 3.20. The van der Waals surface area contributed by atoms with E-state index in [0.717, 1.165) is 18.8 Å². The van der Waals surface area contributed by atoms with Crippen LogP contribution in [-0.2, 0) is 4.79 Å². The monoisotopic (exact) mass is 402 g/mol. The molecular formula is C21H24F2N4O2. The fraction of sp³-hybridized carbons (Fsp3) is 0.381. The summed E-state index contributed by atoms with van der Waals surface area (Å²) in [5.41, 5.74) is 9.05. The van der Waals surface area contributed by atoms with Gasteiger partial charge >= 0.3 is 0 Å². The molecule has 2 heterocycles. The van der Waals surface area contributed by atoms with Crippen LogP contribution in [0.15, 0.2) is 48.5 Å². The number of nitrogens with one attached hydrogen (secondary N) is 3. The second kappa shape index (κ2) is 8.75. The third kappa shape index (κ3) is 4.65. The quantitative estimate of drug-likeness (QED) is 0.665. The second-order valence-corrected chi connectivity index (χ2v) is 7.26. The van der Waals surface area contributed by atoms with Crippen LogP contribution in [0.2, 0.25) is 0 Å². The lowest BCUT2D eigenvalue weighted by molar-refractivity contribution is -0.117. The van der Waals surface area contributed by atoms with E-state index in [1.165, 1.54) is 5.56 Å². The number of hydrazine groups is 1. The normalized spacial score (nSPS) is 19.9. The Labute approximate surface area is 168 Å². The van der Waals surface area contributed by atoms with Crippen LogP contribution in [-0.4, -0.2) is 44.6 Å². The Morgan fingerprint density at radius 2 is 1.90 bits per heavy atom. The standard InChI is InChI=1S/C21H24F2N4O2/c22-20(23)13-29-18-3-1-2-16(10-18)26-19-8-9-27(21(19)28)17-6-4-14(5-7-17)15-11-24-25-12-15/h1-7,10,15,19-20,24-26H,8-9,11-13H2. The Balaban J connectivity index is 1.38. The van der Waals surface area contributed by atoms with Gasteiger partial charge in [0.1, 0.15) is 18.4 Å². The van der Waals surface area contributed by atoms with E-state index < -0.39 is 13.0 Å². The highest BCUT2D eigenvalue weighted by molar-refractivity contribution is 6.01. The summed E-state index contributed by atoms with van der Waals surface area (Å²) in [6.45, 7) is 1.77. The molecule has 3 N–H and O–H groups in total. The summed E-state index contributed by atoms with van der Waals surface area (Å²) in [7, 11) is 0. The number of ether oxygens (including phenoxy) is 1. The topological polar surface area (TPSA) is 65.6 Å². The Morgan fingerprint density at radius 1 is 1.14 bits per heavy atom. The molecule has 0 aliphatic carbocycles. The molecule has 1 amide bonds. The summed E-state index contributed by atoms with van der Waals surface area (Å²) in [4.78, 5) is 14.6. The number of anilines is 2. The molecule has 8 heteroatoms. The lowest BCUT2D eigenvalue weighted by atomic mass is 10.00. The lowest BCUT2D eigenvalue weighted by Gasteiger charge is -2.19. The van der Waals surface area contributed by atoms with Gasteiger partial charge in [-0.3, -0.25) is 15.6 Å². The Bertz CT molecular complexity index is 841. The van der Waals surface area contributed by atoms with Gasteiger partial charge in [0.2, 0.25) is 5.91 Å². The van der Waals surface area contributed by atoms with Crippen LogP contribution in [0.25, 0.3) is 0 Å². The molecule has 0 bridgehead atoms. The number of hydrogen-bond donors (Lipinski definition) is 3. The number of benzene rings is 2. The summed E-state index contributed by atoms with van der Waals surface area (Å²) in [6.07, 6.45) is -1.86. The van der Waals surface area contributed by atoms with Gasteiger partial charge in [0.25, 0.3) is 6.43 Å². The molecule has 6 nitrogen and oxygen atoms in total. The molecule has 2 aromatic rings. The zero-order valence-corrected chi connectivity index (χ0v) is 15.9. The van der Waals surface area contributed by atoms with Gasteiger partial charge in [-0.05, 0) is 36.2 Å². The Morgan fingerprint density at radius 3 is 2.62 bits per heavy atom. The minimum absolute atomic E-state index is 0.000788. The number of amides is 1. The maximum Gasteiger partial charge on any atom is 0.272 e. The molecule has 2 saturated heterocycles. The summed E-state index contributed by atoms with van der Waals surface area (Å²) in [6, 6.07) is 14.5. The SMILES string of the molecule is O=C1C(Nc2cccc(OCC(F)F)c2)CCN1c1ccc(C2CNNC2)cc1. The molecular weight excluding hydrogens is 378 g/mol. The van der Waals surface area contributed by atoms with Gasteiger partial charge in [0, 0.05) is 43.0 Å². The Hall–Kier alpha value is -2.71. The number of carbonyl (C=O) groups excluding carboxylic acids is 1. The van der Waals surface area contributed by atoms with E-state index in [0.29, 0.717) is 30.3 Å². The van der Waals surface area contributed by atoms with Crippen molar-refractivity contribution in [3.63, 3.8) is 0 Å². The van der Waals surface area contributed by atoms with E-state index in [-0.39, 0.29) is 11.9 Å². The van der Waals surface area contributed by atoms with Crippen molar-refractivity contribution in [3.05, 3.63) is 54.1 Å². The van der Waals surface area contributed by atoms with Crippen molar-refractivity contribution >= 4 is 17.3 Å². The summed E-state index contributed by atoms with van der Waals surface area (Å²) >= 11 is 0. The van der Waals surface area contributed by atoms with Gasteiger partial charge in [-0.2, -0.15) is 0 Å². The molecule has 154 valence electrons. The first-order valence-electron chi connectivity index (χ1n) is 9.75.